The minimum Gasteiger partial charge on any atom is -0.324 e. The lowest BCUT2D eigenvalue weighted by Crippen LogP contribution is -2.50. The third-order valence-electron chi connectivity index (χ3n) is 9.99. The summed E-state index contributed by atoms with van der Waals surface area (Å²) in [6.45, 7) is 15.0. The van der Waals surface area contributed by atoms with E-state index in [1.807, 2.05) is 0 Å². The Morgan fingerprint density at radius 1 is 0.348 bits per heavy atom. The third-order valence-corrected chi connectivity index (χ3v) is 9.99. The Bertz CT molecular complexity index is 1060. The van der Waals surface area contributed by atoms with E-state index in [0.29, 0.717) is 0 Å². The van der Waals surface area contributed by atoms with Crippen molar-refractivity contribution in [3.05, 3.63) is 144 Å². The van der Waals surface area contributed by atoms with Crippen molar-refractivity contribution in [3.63, 3.8) is 0 Å². The van der Waals surface area contributed by atoms with Crippen LogP contribution >= 0.6 is 0 Å². The van der Waals surface area contributed by atoms with Crippen LogP contribution in [0.25, 0.3) is 0 Å². The molecule has 46 heavy (non-hydrogen) atoms. The molecule has 0 atom stereocenters. The van der Waals surface area contributed by atoms with Gasteiger partial charge in [-0.15, -0.1) is 0 Å². The van der Waals surface area contributed by atoms with Crippen molar-refractivity contribution in [2.75, 3.05) is 26.2 Å². The molecule has 1 nitrogen and oxygen atoms in total. The predicted octanol–water partition coefficient (Wildman–Crippen LogP) is 11.6. The molecule has 0 amide bonds. The Hall–Kier alpha value is -3.10. The zero-order valence-corrected chi connectivity index (χ0v) is 29.9. The molecule has 0 saturated heterocycles. The summed E-state index contributed by atoms with van der Waals surface area (Å²) < 4.78 is 1.42. The van der Waals surface area contributed by atoms with Gasteiger partial charge in [-0.05, 0) is 25.7 Å². The molecule has 248 valence electrons. The van der Waals surface area contributed by atoms with Crippen molar-refractivity contribution in [1.29, 1.82) is 0 Å². The van der Waals surface area contributed by atoms with Gasteiger partial charge in [0.25, 0.3) is 0 Å². The van der Waals surface area contributed by atoms with Crippen molar-refractivity contribution < 1.29 is 4.48 Å². The molecule has 0 aliphatic carbocycles. The summed E-state index contributed by atoms with van der Waals surface area (Å²) in [4.78, 5) is 0. The molecule has 0 spiro atoms. The summed E-state index contributed by atoms with van der Waals surface area (Å²) in [5, 5.41) is 0. The summed E-state index contributed by atoms with van der Waals surface area (Å²) in [5.41, 5.74) is 5.76. The highest BCUT2D eigenvalue weighted by atomic mass is 15.3. The van der Waals surface area contributed by atoms with Crippen LogP contribution in [-0.4, -0.2) is 36.8 Å². The maximum atomic E-state index is 2.33. The largest absolute Gasteiger partial charge is 0.324 e. The second-order valence-corrected chi connectivity index (χ2v) is 14.1. The van der Waals surface area contributed by atoms with Crippen molar-refractivity contribution in [3.8, 4) is 0 Å². The maximum Gasteiger partial charge on any atom is 0.0786 e. The first-order valence-electron chi connectivity index (χ1n) is 18.8. The first kappa shape index (κ1) is 37.4. The Kier molecular flexibility index (Phi) is 17.6. The van der Waals surface area contributed by atoms with Gasteiger partial charge in [0.2, 0.25) is 0 Å². The number of unbranched alkanes of at least 4 members (excludes halogenated alkanes) is 4. The molecule has 0 aromatic heterocycles. The van der Waals surface area contributed by atoms with Crippen molar-refractivity contribution in [2.24, 2.45) is 0 Å². The van der Waals surface area contributed by atoms with Gasteiger partial charge in [0.15, 0.2) is 0 Å². The van der Waals surface area contributed by atoms with Gasteiger partial charge in [-0.1, -0.05) is 197 Å². The quantitative estimate of drug-likeness (QED) is 0.0684. The van der Waals surface area contributed by atoms with Crippen LogP contribution in [-0.2, 0) is 25.3 Å². The van der Waals surface area contributed by atoms with Gasteiger partial charge >= 0.3 is 0 Å². The number of benzene rings is 4. The lowest BCUT2D eigenvalue weighted by Gasteiger charge is -2.41. The van der Waals surface area contributed by atoms with Crippen LogP contribution in [0, 0.1) is 0 Å². The lowest BCUT2D eigenvalue weighted by molar-refractivity contribution is -0.929. The van der Waals surface area contributed by atoms with Crippen LogP contribution in [0.3, 0.4) is 0 Å². The molecule has 4 rings (SSSR count). The van der Waals surface area contributed by atoms with Crippen molar-refractivity contribution in [2.45, 2.75) is 104 Å². The topological polar surface area (TPSA) is 0 Å². The van der Waals surface area contributed by atoms with E-state index in [4.69, 9.17) is 0 Å². The van der Waals surface area contributed by atoms with Gasteiger partial charge in [-0.3, -0.25) is 0 Å². The van der Waals surface area contributed by atoms with Crippen molar-refractivity contribution >= 4 is 6.15 Å². The molecule has 2 heteroatoms. The van der Waals surface area contributed by atoms with E-state index in [-0.39, 0.29) is 0 Å². The number of hydrogen-bond acceptors (Lipinski definition) is 0. The van der Waals surface area contributed by atoms with E-state index in [0.717, 1.165) is 25.3 Å². The summed E-state index contributed by atoms with van der Waals surface area (Å²) in [6, 6.07) is 44.1. The number of nitrogens with zero attached hydrogens (tertiary/aromatic N) is 1. The minimum atomic E-state index is -0.727. The molecular formula is C44H64BN. The van der Waals surface area contributed by atoms with Crippen LogP contribution in [0.4, 0.5) is 0 Å². The first-order chi connectivity index (χ1) is 22.6. The Labute approximate surface area is 284 Å². The van der Waals surface area contributed by atoms with E-state index in [1.54, 1.807) is 0 Å². The number of rotatable bonds is 20. The van der Waals surface area contributed by atoms with E-state index in [9.17, 15) is 0 Å². The maximum absolute atomic E-state index is 2.33. The van der Waals surface area contributed by atoms with Crippen LogP contribution in [0.2, 0.25) is 0 Å². The molecule has 0 N–H and O–H groups in total. The SMILES string of the molecule is CCCC[N+](CCCC)(CCCC)CCCC.c1ccc(C[B-](Cc2ccccc2)(Cc2ccccc2)Cc2ccccc2)cc1. The highest BCUT2D eigenvalue weighted by Crippen LogP contribution is 2.26. The highest BCUT2D eigenvalue weighted by Gasteiger charge is 2.27. The van der Waals surface area contributed by atoms with Crippen LogP contribution < -0.4 is 0 Å². The second kappa shape index (κ2) is 21.7. The molecule has 0 unspecified atom stereocenters. The fourth-order valence-corrected chi connectivity index (χ4v) is 7.53. The average Bonchev–Trinajstić information content (AvgIpc) is 3.09. The number of hydrogen-bond donors (Lipinski definition) is 0. The van der Waals surface area contributed by atoms with Gasteiger partial charge in [-0.25, -0.2) is 0 Å². The van der Waals surface area contributed by atoms with E-state index < -0.39 is 6.15 Å². The summed E-state index contributed by atoms with van der Waals surface area (Å²) >= 11 is 0. The Morgan fingerprint density at radius 3 is 0.761 bits per heavy atom. The molecule has 0 saturated carbocycles. The molecule has 0 radical (unpaired) electrons. The van der Waals surface area contributed by atoms with E-state index in [2.05, 4.69) is 149 Å². The van der Waals surface area contributed by atoms with Gasteiger partial charge in [-0.2, -0.15) is 25.3 Å². The highest BCUT2D eigenvalue weighted by molar-refractivity contribution is 6.77. The molecular weight excluding hydrogens is 553 g/mol. The Balaban J connectivity index is 0.000000292. The second-order valence-electron chi connectivity index (χ2n) is 14.1. The lowest BCUT2D eigenvalue weighted by atomic mass is 9.16. The van der Waals surface area contributed by atoms with Gasteiger partial charge < -0.3 is 4.48 Å². The minimum absolute atomic E-state index is 0.727. The molecule has 4 aromatic rings. The van der Waals surface area contributed by atoms with Gasteiger partial charge in [0, 0.05) is 6.15 Å². The fraction of sp³-hybridized carbons (Fsp3) is 0.455. The monoisotopic (exact) mass is 618 g/mol. The van der Waals surface area contributed by atoms with Gasteiger partial charge in [0.05, 0.1) is 26.2 Å². The van der Waals surface area contributed by atoms with E-state index >= 15 is 0 Å². The van der Waals surface area contributed by atoms with E-state index in [1.165, 1.54) is 104 Å². The fourth-order valence-electron chi connectivity index (χ4n) is 7.53. The van der Waals surface area contributed by atoms with Crippen LogP contribution in [0.15, 0.2) is 121 Å². The predicted molar refractivity (Wildman–Crippen MR) is 206 cm³/mol. The standard InChI is InChI=1S/C28H28B.C16H36N/c1-5-13-25(14-6-1)21-29(22-26-15-7-2-8-16-26,23-27-17-9-3-10-18-27)24-28-19-11-4-12-20-28;1-5-9-13-17(14-10-6-2,15-11-7-3)16-12-8-4/h1-20H,21-24H2;5-16H2,1-4H3/q-1;+1. The Morgan fingerprint density at radius 2 is 0.565 bits per heavy atom. The van der Waals surface area contributed by atoms with Crippen LogP contribution in [0.1, 0.15) is 101 Å². The van der Waals surface area contributed by atoms with Gasteiger partial charge in [0.1, 0.15) is 0 Å². The summed E-state index contributed by atoms with van der Waals surface area (Å²) in [6.07, 6.45) is 14.8. The number of quaternary nitrogens is 1. The third kappa shape index (κ3) is 13.7. The zero-order chi connectivity index (χ0) is 32.8. The van der Waals surface area contributed by atoms with Crippen molar-refractivity contribution in [1.82, 2.24) is 0 Å². The molecule has 4 aromatic carbocycles. The normalized spacial score (nSPS) is 11.6. The summed E-state index contributed by atoms with van der Waals surface area (Å²) in [5.74, 6) is 0. The average molecular weight is 618 g/mol. The molecule has 0 fully saturated rings. The zero-order valence-electron chi connectivity index (χ0n) is 29.9. The molecule has 0 aliphatic heterocycles. The smallest absolute Gasteiger partial charge is 0.0786 e. The molecule has 0 aliphatic rings. The molecule has 0 heterocycles. The first-order valence-corrected chi connectivity index (χ1v) is 18.8. The molecule has 0 bridgehead atoms. The summed E-state index contributed by atoms with van der Waals surface area (Å²) in [7, 11) is 0. The van der Waals surface area contributed by atoms with Crippen LogP contribution in [0.5, 0.6) is 0 Å².